The molecule has 0 N–H and O–H groups in total. The van der Waals surface area contributed by atoms with E-state index in [1.165, 1.54) is 12.1 Å². The standard InChI is InChI=1S/C26H20N2O5/c1-16-23(32-15-17-7-9-19(10-8-17)28(30)31)12-11-21-25(29)24(33-26(16)21)13-18-14-27(2)22-6-4-3-5-20(18)22/h3-14H,15H2,1-2H3/b24-13-. The number of nitro groups is 1. The third-order valence-corrected chi connectivity index (χ3v) is 5.79. The van der Waals surface area contributed by atoms with E-state index in [-0.39, 0.29) is 23.8 Å². The quantitative estimate of drug-likeness (QED) is 0.229. The van der Waals surface area contributed by atoms with E-state index in [2.05, 4.69) is 0 Å². The van der Waals surface area contributed by atoms with Crippen LogP contribution in [0.5, 0.6) is 11.5 Å². The molecule has 7 nitrogen and oxygen atoms in total. The van der Waals surface area contributed by atoms with Gasteiger partial charge in [-0.05, 0) is 48.9 Å². The molecule has 0 radical (unpaired) electrons. The van der Waals surface area contributed by atoms with E-state index in [0.717, 1.165) is 27.6 Å². The number of nitro benzene ring substituents is 1. The van der Waals surface area contributed by atoms with Crippen molar-refractivity contribution in [1.29, 1.82) is 0 Å². The molecule has 0 atom stereocenters. The minimum Gasteiger partial charge on any atom is -0.488 e. The van der Waals surface area contributed by atoms with Crippen molar-refractivity contribution in [2.45, 2.75) is 13.5 Å². The van der Waals surface area contributed by atoms with E-state index in [1.54, 1.807) is 30.3 Å². The number of non-ortho nitro benzene ring substituents is 1. The van der Waals surface area contributed by atoms with Crippen molar-refractivity contribution >= 4 is 28.4 Å². The number of Topliss-reactive ketones (excluding diaryl/α,β-unsaturated/α-hetero) is 1. The zero-order valence-corrected chi connectivity index (χ0v) is 18.1. The van der Waals surface area contributed by atoms with Gasteiger partial charge in [-0.2, -0.15) is 0 Å². The second-order valence-corrected chi connectivity index (χ2v) is 7.93. The first-order valence-electron chi connectivity index (χ1n) is 10.4. The van der Waals surface area contributed by atoms with Crippen LogP contribution in [0.15, 0.2) is 72.6 Å². The maximum absolute atomic E-state index is 13.0. The van der Waals surface area contributed by atoms with Gasteiger partial charge in [0.15, 0.2) is 5.76 Å². The molecule has 1 aliphatic heterocycles. The number of benzene rings is 3. The number of fused-ring (bicyclic) bond motifs is 2. The molecule has 0 amide bonds. The molecule has 0 bridgehead atoms. The number of hydrogen-bond donors (Lipinski definition) is 0. The van der Waals surface area contributed by atoms with Crippen LogP contribution in [0.25, 0.3) is 17.0 Å². The number of carbonyl (C=O) groups is 1. The average molecular weight is 440 g/mol. The van der Waals surface area contributed by atoms with Crippen LogP contribution in [0.4, 0.5) is 5.69 Å². The highest BCUT2D eigenvalue weighted by Crippen LogP contribution is 2.40. The Morgan fingerprint density at radius 3 is 2.61 bits per heavy atom. The maximum Gasteiger partial charge on any atom is 0.269 e. The summed E-state index contributed by atoms with van der Waals surface area (Å²) in [5.41, 5.74) is 4.05. The summed E-state index contributed by atoms with van der Waals surface area (Å²) in [4.78, 5) is 23.3. The number of para-hydroxylation sites is 1. The van der Waals surface area contributed by atoms with E-state index < -0.39 is 4.92 Å². The minimum atomic E-state index is -0.438. The molecule has 5 rings (SSSR count). The highest BCUT2D eigenvalue weighted by molar-refractivity contribution is 6.15. The maximum atomic E-state index is 13.0. The topological polar surface area (TPSA) is 83.6 Å². The van der Waals surface area contributed by atoms with Gasteiger partial charge in [0.05, 0.1) is 10.5 Å². The van der Waals surface area contributed by atoms with Gasteiger partial charge >= 0.3 is 0 Å². The number of hydrogen-bond acceptors (Lipinski definition) is 5. The molecule has 0 fully saturated rings. The summed E-state index contributed by atoms with van der Waals surface area (Å²) < 4.78 is 13.9. The average Bonchev–Trinajstić information content (AvgIpc) is 3.31. The summed E-state index contributed by atoms with van der Waals surface area (Å²) in [6, 6.07) is 17.7. The van der Waals surface area contributed by atoms with Gasteiger partial charge in [-0.25, -0.2) is 0 Å². The van der Waals surface area contributed by atoms with Crippen LogP contribution in [0.2, 0.25) is 0 Å². The van der Waals surface area contributed by atoms with Gasteiger partial charge < -0.3 is 14.0 Å². The Bertz CT molecular complexity index is 1450. The van der Waals surface area contributed by atoms with Gasteiger partial charge in [0.1, 0.15) is 18.1 Å². The third kappa shape index (κ3) is 3.63. The van der Waals surface area contributed by atoms with E-state index in [9.17, 15) is 14.9 Å². The monoisotopic (exact) mass is 440 g/mol. The highest BCUT2D eigenvalue weighted by atomic mass is 16.6. The number of ketones is 1. The molecule has 0 spiro atoms. The number of aryl methyl sites for hydroxylation is 1. The molecule has 0 aliphatic carbocycles. The Hall–Kier alpha value is -4.39. The van der Waals surface area contributed by atoms with E-state index in [0.29, 0.717) is 17.1 Å². The Kier molecular flexibility index (Phi) is 4.94. The molecule has 0 saturated heterocycles. The molecular formula is C26H20N2O5. The van der Waals surface area contributed by atoms with Crippen molar-refractivity contribution in [2.75, 3.05) is 0 Å². The fourth-order valence-corrected chi connectivity index (χ4v) is 4.03. The Balaban J connectivity index is 1.39. The van der Waals surface area contributed by atoms with E-state index >= 15 is 0 Å². The molecule has 7 heteroatoms. The van der Waals surface area contributed by atoms with Gasteiger partial charge in [-0.3, -0.25) is 14.9 Å². The molecule has 0 unspecified atom stereocenters. The third-order valence-electron chi connectivity index (χ3n) is 5.79. The summed E-state index contributed by atoms with van der Waals surface area (Å²) in [7, 11) is 1.97. The van der Waals surface area contributed by atoms with Crippen LogP contribution in [-0.4, -0.2) is 15.3 Å². The number of aromatic nitrogens is 1. The van der Waals surface area contributed by atoms with Crippen molar-refractivity contribution in [3.05, 3.63) is 105 Å². The smallest absolute Gasteiger partial charge is 0.269 e. The molecule has 4 aromatic rings. The van der Waals surface area contributed by atoms with Crippen molar-refractivity contribution in [3.8, 4) is 11.5 Å². The number of nitrogens with zero attached hydrogens (tertiary/aromatic N) is 2. The zero-order valence-electron chi connectivity index (χ0n) is 18.1. The summed E-state index contributed by atoms with van der Waals surface area (Å²) >= 11 is 0. The molecular weight excluding hydrogens is 420 g/mol. The van der Waals surface area contributed by atoms with Gasteiger partial charge in [0.2, 0.25) is 5.78 Å². The Labute approximate surface area is 189 Å². The summed E-state index contributed by atoms with van der Waals surface area (Å²) in [6.45, 7) is 2.09. The first-order chi connectivity index (χ1) is 15.9. The van der Waals surface area contributed by atoms with Crippen molar-refractivity contribution in [3.63, 3.8) is 0 Å². The lowest BCUT2D eigenvalue weighted by Crippen LogP contribution is -1.99. The molecule has 164 valence electrons. The second kappa shape index (κ2) is 7.94. The lowest BCUT2D eigenvalue weighted by Gasteiger charge is -2.11. The highest BCUT2D eigenvalue weighted by Gasteiger charge is 2.30. The Morgan fingerprint density at radius 2 is 1.85 bits per heavy atom. The number of ether oxygens (including phenoxy) is 2. The Morgan fingerprint density at radius 1 is 1.09 bits per heavy atom. The first kappa shape index (κ1) is 20.5. The van der Waals surface area contributed by atoms with E-state index in [1.807, 2.05) is 49.0 Å². The van der Waals surface area contributed by atoms with Gasteiger partial charge in [-0.1, -0.05) is 18.2 Å². The summed E-state index contributed by atoms with van der Waals surface area (Å²) in [6.07, 6.45) is 3.75. The largest absolute Gasteiger partial charge is 0.488 e. The van der Waals surface area contributed by atoms with Gasteiger partial charge in [0, 0.05) is 47.4 Å². The minimum absolute atomic E-state index is 0.0323. The number of carbonyl (C=O) groups excluding carboxylic acids is 1. The lowest BCUT2D eigenvalue weighted by molar-refractivity contribution is -0.384. The van der Waals surface area contributed by atoms with Crippen LogP contribution >= 0.6 is 0 Å². The summed E-state index contributed by atoms with van der Waals surface area (Å²) in [5.74, 6) is 1.19. The predicted octanol–water partition coefficient (Wildman–Crippen LogP) is 5.59. The second-order valence-electron chi connectivity index (χ2n) is 7.93. The van der Waals surface area contributed by atoms with Crippen LogP contribution < -0.4 is 9.47 Å². The molecule has 0 saturated carbocycles. The van der Waals surface area contributed by atoms with Crippen LogP contribution in [0.3, 0.4) is 0 Å². The normalized spacial score (nSPS) is 13.9. The van der Waals surface area contributed by atoms with Gasteiger partial charge in [-0.15, -0.1) is 0 Å². The lowest BCUT2D eigenvalue weighted by atomic mass is 10.1. The molecule has 1 aliphatic rings. The molecule has 2 heterocycles. The predicted molar refractivity (Wildman–Crippen MR) is 124 cm³/mol. The molecule has 3 aromatic carbocycles. The van der Waals surface area contributed by atoms with Gasteiger partial charge in [0.25, 0.3) is 5.69 Å². The van der Waals surface area contributed by atoms with Crippen molar-refractivity contribution < 1.29 is 19.2 Å². The van der Waals surface area contributed by atoms with Crippen LogP contribution in [0, 0.1) is 17.0 Å². The van der Waals surface area contributed by atoms with Crippen LogP contribution in [-0.2, 0) is 13.7 Å². The van der Waals surface area contributed by atoms with E-state index in [4.69, 9.17) is 9.47 Å². The summed E-state index contributed by atoms with van der Waals surface area (Å²) in [5, 5.41) is 11.9. The first-order valence-corrected chi connectivity index (χ1v) is 10.4. The number of allylic oxidation sites excluding steroid dienone is 1. The molecule has 33 heavy (non-hydrogen) atoms. The fourth-order valence-electron chi connectivity index (χ4n) is 4.03. The fraction of sp³-hybridized carbons (Fsp3) is 0.115. The SMILES string of the molecule is Cc1c(OCc2ccc([N+](=O)[O-])cc2)ccc2c1O/C(=C\c1cn(C)c3ccccc13)C2=O. The van der Waals surface area contributed by atoms with Crippen LogP contribution in [0.1, 0.15) is 27.0 Å². The van der Waals surface area contributed by atoms with Crippen molar-refractivity contribution in [2.24, 2.45) is 7.05 Å². The number of rotatable bonds is 5. The van der Waals surface area contributed by atoms with Crippen molar-refractivity contribution in [1.82, 2.24) is 4.57 Å². The molecule has 1 aromatic heterocycles. The zero-order chi connectivity index (χ0) is 23.1.